The summed E-state index contributed by atoms with van der Waals surface area (Å²) in [5.41, 5.74) is 2.14. The van der Waals surface area contributed by atoms with Gasteiger partial charge in [-0.1, -0.05) is 63.2 Å². The predicted molar refractivity (Wildman–Crippen MR) is 94.9 cm³/mol. The van der Waals surface area contributed by atoms with Crippen LogP contribution in [0.1, 0.15) is 51.3 Å². The van der Waals surface area contributed by atoms with Crippen LogP contribution in [0.4, 0.5) is 0 Å². The van der Waals surface area contributed by atoms with Crippen molar-refractivity contribution in [1.29, 1.82) is 0 Å². The molecule has 4 heteroatoms. The number of nitrogens with one attached hydrogen (secondary N) is 1. The lowest BCUT2D eigenvalue weighted by atomic mass is 9.82. The second kappa shape index (κ2) is 6.85. The van der Waals surface area contributed by atoms with E-state index in [9.17, 15) is 8.42 Å². The van der Waals surface area contributed by atoms with Crippen LogP contribution in [-0.2, 0) is 15.4 Å². The first-order valence-corrected chi connectivity index (χ1v) is 9.42. The molecule has 0 spiro atoms. The van der Waals surface area contributed by atoms with Crippen LogP contribution in [0.25, 0.3) is 0 Å². The standard InChI is InChI=1S/C19H25NO2S/c1-5-19(3,4)17-11-13-18(14-12-17)23(21,22)20-15(2)16-9-7-6-8-10-16/h6-15,20H,5H2,1-4H3. The smallest absolute Gasteiger partial charge is 0.207 e. The van der Waals surface area contributed by atoms with Crippen LogP contribution in [0, 0.1) is 0 Å². The van der Waals surface area contributed by atoms with E-state index in [1.165, 1.54) is 0 Å². The third kappa shape index (κ3) is 4.21. The summed E-state index contributed by atoms with van der Waals surface area (Å²) in [6.45, 7) is 8.30. The Morgan fingerprint density at radius 2 is 1.57 bits per heavy atom. The summed E-state index contributed by atoms with van der Waals surface area (Å²) >= 11 is 0. The van der Waals surface area contributed by atoms with Crippen LogP contribution < -0.4 is 4.72 Å². The molecule has 1 atom stereocenters. The highest BCUT2D eigenvalue weighted by Gasteiger charge is 2.21. The molecule has 0 aliphatic carbocycles. The van der Waals surface area contributed by atoms with Crippen LogP contribution in [0.15, 0.2) is 59.5 Å². The summed E-state index contributed by atoms with van der Waals surface area (Å²) in [7, 11) is -3.53. The Labute approximate surface area is 139 Å². The van der Waals surface area contributed by atoms with E-state index in [0.29, 0.717) is 4.90 Å². The van der Waals surface area contributed by atoms with E-state index in [4.69, 9.17) is 0 Å². The number of rotatable bonds is 6. The highest BCUT2D eigenvalue weighted by Crippen LogP contribution is 2.27. The predicted octanol–water partition coefficient (Wildman–Crippen LogP) is 4.41. The Morgan fingerprint density at radius 3 is 2.09 bits per heavy atom. The van der Waals surface area contributed by atoms with Gasteiger partial charge in [-0.05, 0) is 42.0 Å². The Bertz CT molecular complexity index is 735. The molecule has 0 aliphatic rings. The molecule has 1 unspecified atom stereocenters. The van der Waals surface area contributed by atoms with Gasteiger partial charge in [0, 0.05) is 6.04 Å². The molecule has 0 bridgehead atoms. The molecule has 1 N–H and O–H groups in total. The third-order valence-corrected chi connectivity index (χ3v) is 6.02. The van der Waals surface area contributed by atoms with Gasteiger partial charge in [0.05, 0.1) is 4.90 Å². The van der Waals surface area contributed by atoms with Crippen molar-refractivity contribution in [2.24, 2.45) is 0 Å². The second-order valence-electron chi connectivity index (χ2n) is 6.52. The molecule has 0 saturated heterocycles. The van der Waals surface area contributed by atoms with Gasteiger partial charge >= 0.3 is 0 Å². The molecular formula is C19H25NO2S. The van der Waals surface area contributed by atoms with Gasteiger partial charge in [0.1, 0.15) is 0 Å². The van der Waals surface area contributed by atoms with Crippen LogP contribution in [0.3, 0.4) is 0 Å². The Balaban J connectivity index is 2.20. The molecule has 124 valence electrons. The second-order valence-corrected chi connectivity index (χ2v) is 8.23. The van der Waals surface area contributed by atoms with Crippen molar-refractivity contribution < 1.29 is 8.42 Å². The molecule has 3 nitrogen and oxygen atoms in total. The number of hydrogen-bond donors (Lipinski definition) is 1. The maximum absolute atomic E-state index is 12.5. The van der Waals surface area contributed by atoms with Gasteiger partial charge in [-0.2, -0.15) is 0 Å². The van der Waals surface area contributed by atoms with Crippen molar-refractivity contribution >= 4 is 10.0 Å². The first-order valence-electron chi connectivity index (χ1n) is 7.94. The normalized spacial score (nSPS) is 13.7. The van der Waals surface area contributed by atoms with Gasteiger partial charge in [0.15, 0.2) is 0 Å². The summed E-state index contributed by atoms with van der Waals surface area (Å²) in [4.78, 5) is 0.302. The number of benzene rings is 2. The summed E-state index contributed by atoms with van der Waals surface area (Å²) in [6, 6.07) is 16.5. The lowest BCUT2D eigenvalue weighted by Gasteiger charge is -2.23. The molecule has 0 aromatic heterocycles. The minimum Gasteiger partial charge on any atom is -0.207 e. The largest absolute Gasteiger partial charge is 0.241 e. The topological polar surface area (TPSA) is 46.2 Å². The molecule has 0 radical (unpaired) electrons. The molecule has 0 saturated carbocycles. The Morgan fingerprint density at radius 1 is 1.00 bits per heavy atom. The van der Waals surface area contributed by atoms with Crippen LogP contribution in [0.2, 0.25) is 0 Å². The van der Waals surface area contributed by atoms with Gasteiger partial charge < -0.3 is 0 Å². The van der Waals surface area contributed by atoms with Crippen molar-refractivity contribution in [3.8, 4) is 0 Å². The van der Waals surface area contributed by atoms with E-state index in [2.05, 4.69) is 25.5 Å². The molecule has 0 heterocycles. The zero-order valence-corrected chi connectivity index (χ0v) is 15.0. The first kappa shape index (κ1) is 17.7. The first-order chi connectivity index (χ1) is 10.8. The molecule has 0 aliphatic heterocycles. The molecule has 2 aromatic carbocycles. The van der Waals surface area contributed by atoms with E-state index in [0.717, 1.165) is 17.5 Å². The molecule has 0 fully saturated rings. The number of hydrogen-bond acceptors (Lipinski definition) is 2. The van der Waals surface area contributed by atoms with Crippen molar-refractivity contribution in [2.75, 3.05) is 0 Å². The lowest BCUT2D eigenvalue weighted by Crippen LogP contribution is -2.27. The zero-order chi connectivity index (χ0) is 17.1. The lowest BCUT2D eigenvalue weighted by molar-refractivity contribution is 0.505. The number of sulfonamides is 1. The fraction of sp³-hybridized carbons (Fsp3) is 0.368. The molecule has 2 rings (SSSR count). The molecule has 0 amide bonds. The van der Waals surface area contributed by atoms with Crippen LogP contribution >= 0.6 is 0 Å². The molecule has 23 heavy (non-hydrogen) atoms. The van der Waals surface area contributed by atoms with E-state index in [1.807, 2.05) is 49.4 Å². The minimum atomic E-state index is -3.53. The van der Waals surface area contributed by atoms with Crippen molar-refractivity contribution in [1.82, 2.24) is 4.72 Å². The highest BCUT2D eigenvalue weighted by molar-refractivity contribution is 7.89. The maximum atomic E-state index is 12.5. The van der Waals surface area contributed by atoms with E-state index >= 15 is 0 Å². The maximum Gasteiger partial charge on any atom is 0.241 e. The Kier molecular flexibility index (Phi) is 5.27. The monoisotopic (exact) mass is 331 g/mol. The average Bonchev–Trinajstić information content (AvgIpc) is 2.55. The van der Waals surface area contributed by atoms with Gasteiger partial charge in [-0.25, -0.2) is 13.1 Å². The third-order valence-electron chi connectivity index (χ3n) is 4.46. The Hall–Kier alpha value is -1.65. The van der Waals surface area contributed by atoms with E-state index in [1.54, 1.807) is 12.1 Å². The van der Waals surface area contributed by atoms with Gasteiger partial charge in [0.2, 0.25) is 10.0 Å². The quantitative estimate of drug-likeness (QED) is 0.852. The van der Waals surface area contributed by atoms with Crippen LogP contribution in [-0.4, -0.2) is 8.42 Å². The van der Waals surface area contributed by atoms with Gasteiger partial charge in [0.25, 0.3) is 0 Å². The van der Waals surface area contributed by atoms with Crippen molar-refractivity contribution in [3.63, 3.8) is 0 Å². The minimum absolute atomic E-state index is 0.0487. The zero-order valence-electron chi connectivity index (χ0n) is 14.2. The summed E-state index contributed by atoms with van der Waals surface area (Å²) in [5.74, 6) is 0. The summed E-state index contributed by atoms with van der Waals surface area (Å²) < 4.78 is 27.8. The van der Waals surface area contributed by atoms with Gasteiger partial charge in [-0.3, -0.25) is 0 Å². The highest BCUT2D eigenvalue weighted by atomic mass is 32.2. The average molecular weight is 331 g/mol. The summed E-state index contributed by atoms with van der Waals surface area (Å²) in [6.07, 6.45) is 1.00. The van der Waals surface area contributed by atoms with Crippen LogP contribution in [0.5, 0.6) is 0 Å². The summed E-state index contributed by atoms with van der Waals surface area (Å²) in [5, 5.41) is 0. The SMILES string of the molecule is CCC(C)(C)c1ccc(S(=O)(=O)NC(C)c2ccccc2)cc1. The fourth-order valence-electron chi connectivity index (χ4n) is 2.40. The fourth-order valence-corrected chi connectivity index (χ4v) is 3.63. The van der Waals surface area contributed by atoms with Gasteiger partial charge in [-0.15, -0.1) is 0 Å². The van der Waals surface area contributed by atoms with E-state index < -0.39 is 10.0 Å². The molecule has 2 aromatic rings. The van der Waals surface area contributed by atoms with Crippen molar-refractivity contribution in [3.05, 3.63) is 65.7 Å². The van der Waals surface area contributed by atoms with E-state index in [-0.39, 0.29) is 11.5 Å². The molecular weight excluding hydrogens is 306 g/mol. The van der Waals surface area contributed by atoms with Crippen molar-refractivity contribution in [2.45, 2.75) is 50.5 Å².